The van der Waals surface area contributed by atoms with Gasteiger partial charge in [0.15, 0.2) is 0 Å². The number of benzene rings is 1. The van der Waals surface area contributed by atoms with Crippen molar-refractivity contribution in [3.8, 4) is 0 Å². The molecule has 0 radical (unpaired) electrons. The maximum Gasteiger partial charge on any atom is 0.264 e. The number of nitrogens with zero attached hydrogens (tertiary/aromatic N) is 1. The van der Waals surface area contributed by atoms with E-state index in [9.17, 15) is 13.2 Å². The zero-order valence-corrected chi connectivity index (χ0v) is 14.8. The molecule has 1 atom stereocenters. The number of fused-ring (bicyclic) bond motifs is 1. The molecule has 25 heavy (non-hydrogen) atoms. The Bertz CT molecular complexity index is 727. The van der Waals surface area contributed by atoms with Gasteiger partial charge in [0, 0.05) is 18.7 Å². The Morgan fingerprint density at radius 3 is 2.72 bits per heavy atom. The fourth-order valence-electron chi connectivity index (χ4n) is 3.31. The monoisotopic (exact) mass is 369 g/mol. The van der Waals surface area contributed by atoms with Gasteiger partial charge in [-0.05, 0) is 42.5 Å². The standard InChI is InChI=1S/C17H23NO6S/c19-17(18-6-9-23-10-7-18)14-3-4-15-13(12-14)5-8-24-16(15)2-1-11-25(20,21)22/h3-4,12,16H,1-2,5-11H2,(H,20,21,22). The molecule has 7 nitrogen and oxygen atoms in total. The normalized spacial score (nSPS) is 21.0. The lowest BCUT2D eigenvalue weighted by Gasteiger charge is -2.29. The first-order valence-electron chi connectivity index (χ1n) is 8.51. The van der Waals surface area contributed by atoms with Crippen molar-refractivity contribution >= 4 is 16.0 Å². The summed E-state index contributed by atoms with van der Waals surface area (Å²) < 4.78 is 41.6. The fourth-order valence-corrected chi connectivity index (χ4v) is 3.84. The van der Waals surface area contributed by atoms with Crippen molar-refractivity contribution in [3.63, 3.8) is 0 Å². The van der Waals surface area contributed by atoms with E-state index in [0.717, 1.165) is 17.5 Å². The predicted molar refractivity (Wildman–Crippen MR) is 91.2 cm³/mol. The fraction of sp³-hybridized carbons (Fsp3) is 0.588. The molecule has 0 saturated carbocycles. The highest BCUT2D eigenvalue weighted by Crippen LogP contribution is 2.31. The number of hydrogen-bond acceptors (Lipinski definition) is 5. The summed E-state index contributed by atoms with van der Waals surface area (Å²) in [7, 11) is -3.95. The van der Waals surface area contributed by atoms with Gasteiger partial charge in [-0.1, -0.05) is 6.07 Å². The van der Waals surface area contributed by atoms with Gasteiger partial charge < -0.3 is 14.4 Å². The highest BCUT2D eigenvalue weighted by molar-refractivity contribution is 7.85. The number of amides is 1. The van der Waals surface area contributed by atoms with Crippen LogP contribution in [0.3, 0.4) is 0 Å². The SMILES string of the molecule is O=C(c1ccc2c(c1)CCOC2CCCS(=O)(=O)O)N1CCOCC1. The summed E-state index contributed by atoms with van der Waals surface area (Å²) in [6, 6.07) is 5.63. The van der Waals surface area contributed by atoms with Crippen molar-refractivity contribution in [1.29, 1.82) is 0 Å². The van der Waals surface area contributed by atoms with E-state index in [1.807, 2.05) is 12.1 Å². The zero-order valence-electron chi connectivity index (χ0n) is 14.0. The molecule has 3 rings (SSSR count). The van der Waals surface area contributed by atoms with Gasteiger partial charge in [-0.15, -0.1) is 0 Å². The van der Waals surface area contributed by atoms with Gasteiger partial charge in [-0.3, -0.25) is 9.35 Å². The van der Waals surface area contributed by atoms with Gasteiger partial charge in [-0.25, -0.2) is 0 Å². The van der Waals surface area contributed by atoms with Crippen molar-refractivity contribution in [1.82, 2.24) is 4.90 Å². The minimum Gasteiger partial charge on any atom is -0.378 e. The van der Waals surface area contributed by atoms with Crippen molar-refractivity contribution in [2.45, 2.75) is 25.4 Å². The van der Waals surface area contributed by atoms with Gasteiger partial charge in [0.05, 0.1) is 31.7 Å². The first-order valence-corrected chi connectivity index (χ1v) is 10.1. The Balaban J connectivity index is 1.70. The Hall–Kier alpha value is -1.48. The molecule has 1 aromatic carbocycles. The molecule has 2 aliphatic rings. The van der Waals surface area contributed by atoms with Crippen LogP contribution >= 0.6 is 0 Å². The van der Waals surface area contributed by atoms with E-state index < -0.39 is 10.1 Å². The molecule has 2 heterocycles. The van der Waals surface area contributed by atoms with Crippen molar-refractivity contribution in [2.75, 3.05) is 38.7 Å². The Labute approximate surface area is 147 Å². The number of morpholine rings is 1. The van der Waals surface area contributed by atoms with Gasteiger partial charge in [0.1, 0.15) is 0 Å². The van der Waals surface area contributed by atoms with E-state index in [2.05, 4.69) is 0 Å². The van der Waals surface area contributed by atoms with Gasteiger partial charge in [0.2, 0.25) is 0 Å². The van der Waals surface area contributed by atoms with Crippen molar-refractivity contribution in [2.24, 2.45) is 0 Å². The molecule has 2 aliphatic heterocycles. The van der Waals surface area contributed by atoms with Crippen LogP contribution < -0.4 is 0 Å². The number of ether oxygens (including phenoxy) is 2. The maximum atomic E-state index is 12.6. The molecule has 0 spiro atoms. The largest absolute Gasteiger partial charge is 0.378 e. The number of carbonyl (C=O) groups is 1. The number of carbonyl (C=O) groups excluding carboxylic acids is 1. The van der Waals surface area contributed by atoms with E-state index >= 15 is 0 Å². The molecule has 138 valence electrons. The molecule has 0 bridgehead atoms. The van der Waals surface area contributed by atoms with Crippen LogP contribution in [0.4, 0.5) is 0 Å². The molecule has 1 unspecified atom stereocenters. The third-order valence-corrected chi connectivity index (χ3v) is 5.40. The molecule has 1 aromatic rings. The van der Waals surface area contributed by atoms with Crippen LogP contribution in [0.5, 0.6) is 0 Å². The average molecular weight is 369 g/mol. The Morgan fingerprint density at radius 1 is 1.24 bits per heavy atom. The van der Waals surface area contributed by atoms with Crippen molar-refractivity contribution < 1.29 is 27.2 Å². The first-order chi connectivity index (χ1) is 11.9. The topological polar surface area (TPSA) is 93.1 Å². The zero-order chi connectivity index (χ0) is 17.9. The molecular formula is C17H23NO6S. The lowest BCUT2D eigenvalue weighted by Crippen LogP contribution is -2.40. The second kappa shape index (κ2) is 7.82. The second-order valence-electron chi connectivity index (χ2n) is 6.36. The summed E-state index contributed by atoms with van der Waals surface area (Å²) in [6.07, 6.45) is 1.38. The van der Waals surface area contributed by atoms with Gasteiger partial charge >= 0.3 is 0 Å². The minimum atomic E-state index is -3.95. The molecular weight excluding hydrogens is 346 g/mol. The summed E-state index contributed by atoms with van der Waals surface area (Å²) >= 11 is 0. The summed E-state index contributed by atoms with van der Waals surface area (Å²) in [6.45, 7) is 2.90. The van der Waals surface area contributed by atoms with Crippen LogP contribution in [0.2, 0.25) is 0 Å². The molecule has 0 aliphatic carbocycles. The lowest BCUT2D eigenvalue weighted by molar-refractivity contribution is 0.0299. The molecule has 0 aromatic heterocycles. The first kappa shape index (κ1) is 18.3. The van der Waals surface area contributed by atoms with Crippen LogP contribution in [0.15, 0.2) is 18.2 Å². The molecule has 1 saturated heterocycles. The van der Waals surface area contributed by atoms with Crippen LogP contribution in [-0.2, 0) is 26.0 Å². The lowest BCUT2D eigenvalue weighted by atomic mass is 9.93. The maximum absolute atomic E-state index is 12.6. The third-order valence-electron chi connectivity index (χ3n) is 4.59. The number of hydrogen-bond donors (Lipinski definition) is 1. The van der Waals surface area contributed by atoms with Gasteiger partial charge in [-0.2, -0.15) is 8.42 Å². The summed E-state index contributed by atoms with van der Waals surface area (Å²) in [5.74, 6) is -0.254. The second-order valence-corrected chi connectivity index (χ2v) is 7.93. The summed E-state index contributed by atoms with van der Waals surface area (Å²) in [5, 5.41) is 0. The molecule has 1 N–H and O–H groups in total. The van der Waals surface area contributed by atoms with E-state index in [0.29, 0.717) is 51.3 Å². The highest BCUT2D eigenvalue weighted by Gasteiger charge is 2.24. The molecule has 1 fully saturated rings. The smallest absolute Gasteiger partial charge is 0.264 e. The summed E-state index contributed by atoms with van der Waals surface area (Å²) in [5.41, 5.74) is 2.74. The van der Waals surface area contributed by atoms with Crippen LogP contribution in [0, 0.1) is 0 Å². The van der Waals surface area contributed by atoms with Crippen molar-refractivity contribution in [3.05, 3.63) is 34.9 Å². The van der Waals surface area contributed by atoms with E-state index in [1.54, 1.807) is 11.0 Å². The minimum absolute atomic E-state index is 0.0144. The van der Waals surface area contributed by atoms with E-state index in [4.69, 9.17) is 14.0 Å². The van der Waals surface area contributed by atoms with Crippen LogP contribution in [0.25, 0.3) is 0 Å². The number of rotatable bonds is 5. The Morgan fingerprint density at radius 2 is 2.00 bits per heavy atom. The quantitative estimate of drug-likeness (QED) is 0.790. The molecule has 8 heteroatoms. The van der Waals surface area contributed by atoms with E-state index in [1.165, 1.54) is 0 Å². The highest BCUT2D eigenvalue weighted by atomic mass is 32.2. The predicted octanol–water partition coefficient (Wildman–Crippen LogP) is 1.44. The van der Waals surface area contributed by atoms with Crippen LogP contribution in [-0.4, -0.2) is 62.4 Å². The van der Waals surface area contributed by atoms with E-state index in [-0.39, 0.29) is 17.8 Å². The van der Waals surface area contributed by atoms with Gasteiger partial charge in [0.25, 0.3) is 16.0 Å². The van der Waals surface area contributed by atoms with Crippen LogP contribution in [0.1, 0.15) is 40.4 Å². The third kappa shape index (κ3) is 4.78. The summed E-state index contributed by atoms with van der Waals surface area (Å²) in [4.78, 5) is 14.4. The Kier molecular flexibility index (Phi) is 5.73. The average Bonchev–Trinajstić information content (AvgIpc) is 2.60. The molecule has 1 amide bonds.